The molecule has 2 aliphatic carbocycles. The average Bonchev–Trinajstić information content (AvgIpc) is 2.83. The fraction of sp³-hybridized carbons (Fsp3) is 0.636. The molecule has 0 spiro atoms. The van der Waals surface area contributed by atoms with Crippen LogP contribution in [-0.2, 0) is 0 Å². The minimum atomic E-state index is 0.588. The summed E-state index contributed by atoms with van der Waals surface area (Å²) < 4.78 is 0. The molecule has 2 saturated carbocycles. The quantitative estimate of drug-likeness (QED) is 0.838. The van der Waals surface area contributed by atoms with E-state index in [2.05, 4.69) is 15.3 Å². The summed E-state index contributed by atoms with van der Waals surface area (Å²) in [6.07, 6.45) is 8.76. The van der Waals surface area contributed by atoms with Gasteiger partial charge in [-0.25, -0.2) is 9.97 Å². The van der Waals surface area contributed by atoms with Crippen LogP contribution in [0.1, 0.15) is 25.7 Å². The van der Waals surface area contributed by atoms with Crippen LogP contribution in [0.5, 0.6) is 0 Å². The van der Waals surface area contributed by atoms with E-state index < -0.39 is 0 Å². The summed E-state index contributed by atoms with van der Waals surface area (Å²) in [7, 11) is 0. The highest BCUT2D eigenvalue weighted by atomic mass is 35.5. The molecule has 3 unspecified atom stereocenters. The van der Waals surface area contributed by atoms with E-state index in [1.165, 1.54) is 25.7 Å². The third-order valence-corrected chi connectivity index (χ3v) is 3.87. The average molecular weight is 224 g/mol. The summed E-state index contributed by atoms with van der Waals surface area (Å²) in [5.74, 6) is 2.51. The molecule has 0 aliphatic heterocycles. The number of rotatable bonds is 2. The van der Waals surface area contributed by atoms with Gasteiger partial charge < -0.3 is 5.32 Å². The lowest BCUT2D eigenvalue weighted by Gasteiger charge is -2.22. The normalized spacial score (nSPS) is 33.3. The number of halogens is 1. The van der Waals surface area contributed by atoms with Gasteiger partial charge >= 0.3 is 0 Å². The first-order valence-electron chi connectivity index (χ1n) is 5.55. The number of fused-ring (bicyclic) bond motifs is 2. The van der Waals surface area contributed by atoms with Crippen molar-refractivity contribution in [2.45, 2.75) is 31.7 Å². The van der Waals surface area contributed by atoms with Gasteiger partial charge in [-0.2, -0.15) is 0 Å². The number of nitrogens with zero attached hydrogens (tertiary/aromatic N) is 2. The number of anilines is 1. The first-order valence-corrected chi connectivity index (χ1v) is 5.93. The van der Waals surface area contributed by atoms with Crippen LogP contribution >= 0.6 is 11.6 Å². The summed E-state index contributed by atoms with van der Waals surface area (Å²) in [6.45, 7) is 0. The van der Waals surface area contributed by atoms with Crippen molar-refractivity contribution >= 4 is 17.5 Å². The van der Waals surface area contributed by atoms with Crippen LogP contribution in [0.2, 0.25) is 5.02 Å². The van der Waals surface area contributed by atoms with E-state index in [-0.39, 0.29) is 0 Å². The lowest BCUT2D eigenvalue weighted by atomic mass is 9.95. The minimum Gasteiger partial charge on any atom is -0.351 e. The van der Waals surface area contributed by atoms with Crippen LogP contribution in [0.15, 0.2) is 12.4 Å². The predicted octanol–water partition coefficient (Wildman–Crippen LogP) is 2.73. The van der Waals surface area contributed by atoms with Gasteiger partial charge in [0, 0.05) is 6.04 Å². The van der Waals surface area contributed by atoms with Crippen molar-refractivity contribution in [3.05, 3.63) is 17.4 Å². The monoisotopic (exact) mass is 223 g/mol. The highest BCUT2D eigenvalue weighted by molar-refractivity contribution is 6.30. The first kappa shape index (κ1) is 9.40. The molecule has 0 aromatic carbocycles. The molecule has 3 nitrogen and oxygen atoms in total. The molecule has 2 aliphatic rings. The summed E-state index contributed by atoms with van der Waals surface area (Å²) in [5.41, 5.74) is 0. The molecule has 2 bridgehead atoms. The second-order valence-electron chi connectivity index (χ2n) is 4.65. The van der Waals surface area contributed by atoms with Crippen molar-refractivity contribution in [2.75, 3.05) is 5.32 Å². The highest BCUT2D eigenvalue weighted by Gasteiger charge is 2.39. The molecule has 0 saturated heterocycles. The lowest BCUT2D eigenvalue weighted by molar-refractivity contribution is 0.438. The van der Waals surface area contributed by atoms with Gasteiger partial charge in [0.2, 0.25) is 5.95 Å². The summed E-state index contributed by atoms with van der Waals surface area (Å²) in [5, 5.41) is 4.01. The zero-order valence-corrected chi connectivity index (χ0v) is 9.24. The summed E-state index contributed by atoms with van der Waals surface area (Å²) in [4.78, 5) is 8.34. The SMILES string of the molecule is Clc1cnc(NC2CC3CCC2C3)nc1. The summed E-state index contributed by atoms with van der Waals surface area (Å²) in [6, 6.07) is 0.588. The molecular weight excluding hydrogens is 210 g/mol. The number of hydrogen-bond donors (Lipinski definition) is 1. The van der Waals surface area contributed by atoms with Crippen molar-refractivity contribution in [3.63, 3.8) is 0 Å². The Labute approximate surface area is 94.3 Å². The molecule has 80 valence electrons. The Bertz CT molecular complexity index is 351. The number of aromatic nitrogens is 2. The van der Waals surface area contributed by atoms with Gasteiger partial charge in [0.25, 0.3) is 0 Å². The molecule has 1 aromatic rings. The van der Waals surface area contributed by atoms with Crippen molar-refractivity contribution < 1.29 is 0 Å². The third kappa shape index (κ3) is 1.81. The van der Waals surface area contributed by atoms with Crippen LogP contribution in [0.4, 0.5) is 5.95 Å². The highest BCUT2D eigenvalue weighted by Crippen LogP contribution is 2.45. The second kappa shape index (κ2) is 3.63. The van der Waals surface area contributed by atoms with E-state index in [0.29, 0.717) is 11.1 Å². The zero-order chi connectivity index (χ0) is 10.3. The largest absolute Gasteiger partial charge is 0.351 e. The fourth-order valence-corrected chi connectivity index (χ4v) is 3.07. The Morgan fingerprint density at radius 1 is 1.20 bits per heavy atom. The Morgan fingerprint density at radius 3 is 2.60 bits per heavy atom. The van der Waals surface area contributed by atoms with Gasteiger partial charge in [0.05, 0.1) is 17.4 Å². The van der Waals surface area contributed by atoms with Gasteiger partial charge in [-0.3, -0.25) is 0 Å². The molecule has 4 heteroatoms. The van der Waals surface area contributed by atoms with Crippen LogP contribution in [0, 0.1) is 11.8 Å². The van der Waals surface area contributed by atoms with Crippen LogP contribution < -0.4 is 5.32 Å². The van der Waals surface area contributed by atoms with Gasteiger partial charge in [0.15, 0.2) is 0 Å². The summed E-state index contributed by atoms with van der Waals surface area (Å²) >= 11 is 5.74. The Morgan fingerprint density at radius 2 is 2.00 bits per heavy atom. The van der Waals surface area contributed by atoms with E-state index in [1.54, 1.807) is 12.4 Å². The molecule has 0 amide bonds. The molecule has 2 fully saturated rings. The van der Waals surface area contributed by atoms with Crippen molar-refractivity contribution in [2.24, 2.45) is 11.8 Å². The van der Waals surface area contributed by atoms with Crippen molar-refractivity contribution in [1.29, 1.82) is 0 Å². The predicted molar refractivity (Wildman–Crippen MR) is 59.9 cm³/mol. The van der Waals surface area contributed by atoms with E-state index in [4.69, 9.17) is 11.6 Å². The Hall–Kier alpha value is -0.830. The number of nitrogens with one attached hydrogen (secondary N) is 1. The molecule has 3 atom stereocenters. The van der Waals surface area contributed by atoms with Gasteiger partial charge in [0.1, 0.15) is 0 Å². The minimum absolute atomic E-state index is 0.588. The smallest absolute Gasteiger partial charge is 0.222 e. The third-order valence-electron chi connectivity index (χ3n) is 3.67. The maximum atomic E-state index is 5.74. The molecule has 3 rings (SSSR count). The molecule has 1 N–H and O–H groups in total. The van der Waals surface area contributed by atoms with Crippen LogP contribution in [-0.4, -0.2) is 16.0 Å². The van der Waals surface area contributed by atoms with Gasteiger partial charge in [-0.1, -0.05) is 18.0 Å². The number of hydrogen-bond acceptors (Lipinski definition) is 3. The lowest BCUT2D eigenvalue weighted by Crippen LogP contribution is -2.26. The second-order valence-corrected chi connectivity index (χ2v) is 5.09. The maximum absolute atomic E-state index is 5.74. The molecule has 0 radical (unpaired) electrons. The molecular formula is C11H14ClN3. The first-order chi connectivity index (χ1) is 7.31. The fourth-order valence-electron chi connectivity index (χ4n) is 2.97. The van der Waals surface area contributed by atoms with E-state index in [9.17, 15) is 0 Å². The molecule has 1 heterocycles. The Kier molecular flexibility index (Phi) is 2.28. The molecule has 15 heavy (non-hydrogen) atoms. The van der Waals surface area contributed by atoms with E-state index in [0.717, 1.165) is 17.8 Å². The topological polar surface area (TPSA) is 37.8 Å². The molecule has 1 aromatic heterocycles. The van der Waals surface area contributed by atoms with Crippen LogP contribution in [0.25, 0.3) is 0 Å². The Balaban J connectivity index is 1.68. The van der Waals surface area contributed by atoms with Gasteiger partial charge in [-0.15, -0.1) is 0 Å². The maximum Gasteiger partial charge on any atom is 0.222 e. The van der Waals surface area contributed by atoms with E-state index in [1.807, 2.05) is 0 Å². The van der Waals surface area contributed by atoms with Gasteiger partial charge in [-0.05, 0) is 31.1 Å². The standard InChI is InChI=1S/C11H14ClN3/c12-9-5-13-11(14-6-9)15-10-4-7-1-2-8(10)3-7/h5-8,10H,1-4H2,(H,13,14,15). The van der Waals surface area contributed by atoms with Crippen LogP contribution in [0.3, 0.4) is 0 Å². The van der Waals surface area contributed by atoms with E-state index >= 15 is 0 Å². The van der Waals surface area contributed by atoms with Crippen molar-refractivity contribution in [1.82, 2.24) is 9.97 Å². The van der Waals surface area contributed by atoms with Crippen molar-refractivity contribution in [3.8, 4) is 0 Å². The zero-order valence-electron chi connectivity index (χ0n) is 8.49.